The first-order valence-corrected chi connectivity index (χ1v) is 9.22. The van der Waals surface area contributed by atoms with Crippen molar-refractivity contribution in [2.75, 3.05) is 18.5 Å². The van der Waals surface area contributed by atoms with E-state index in [9.17, 15) is 18.0 Å². The summed E-state index contributed by atoms with van der Waals surface area (Å²) in [6.07, 6.45) is -2.45. The summed E-state index contributed by atoms with van der Waals surface area (Å²) in [5, 5.41) is 14.4. The number of aliphatic hydroxyl groups excluding tert-OH is 1. The maximum Gasteiger partial charge on any atom is 0.416 e. The fourth-order valence-electron chi connectivity index (χ4n) is 2.87. The summed E-state index contributed by atoms with van der Waals surface area (Å²) in [7, 11) is 0. The van der Waals surface area contributed by atoms with E-state index in [1.807, 2.05) is 0 Å². The van der Waals surface area contributed by atoms with E-state index in [2.05, 4.69) is 15.6 Å². The van der Waals surface area contributed by atoms with Crippen LogP contribution in [0.2, 0.25) is 0 Å². The van der Waals surface area contributed by atoms with Gasteiger partial charge in [-0.1, -0.05) is 18.2 Å². The minimum absolute atomic E-state index is 0.131. The second-order valence-electron chi connectivity index (χ2n) is 6.61. The van der Waals surface area contributed by atoms with Crippen LogP contribution in [0.1, 0.15) is 27.0 Å². The Bertz CT molecular complexity index is 1010. The molecule has 3 N–H and O–H groups in total. The number of nitrogens with one attached hydrogen (secondary N) is 2. The van der Waals surface area contributed by atoms with Crippen molar-refractivity contribution >= 4 is 17.4 Å². The smallest absolute Gasteiger partial charge is 0.395 e. The SMILES string of the molecule is O=C(NCCO)c1ccc(Nc2cc(Cc3cccc(C(F)(F)F)c3)ccn2)cc1. The van der Waals surface area contributed by atoms with E-state index >= 15 is 0 Å². The minimum Gasteiger partial charge on any atom is -0.395 e. The van der Waals surface area contributed by atoms with Gasteiger partial charge in [-0.05, 0) is 60.0 Å². The standard InChI is InChI=1S/C22H20F3N3O2/c23-22(24,25)18-3-1-2-15(13-18)12-16-8-9-26-20(14-16)28-19-6-4-17(5-7-19)21(30)27-10-11-29/h1-9,13-14,29H,10-12H2,(H,26,28)(H,27,30). The van der Waals surface area contributed by atoms with Crippen LogP contribution in [0.3, 0.4) is 0 Å². The van der Waals surface area contributed by atoms with Crippen molar-refractivity contribution in [2.45, 2.75) is 12.6 Å². The van der Waals surface area contributed by atoms with E-state index in [-0.39, 0.29) is 19.1 Å². The highest BCUT2D eigenvalue weighted by Crippen LogP contribution is 2.30. The first-order valence-electron chi connectivity index (χ1n) is 9.22. The number of carbonyl (C=O) groups excluding carboxylic acids is 1. The quantitative estimate of drug-likeness (QED) is 0.542. The van der Waals surface area contributed by atoms with Crippen LogP contribution in [0.15, 0.2) is 66.9 Å². The molecule has 3 rings (SSSR count). The third-order valence-electron chi connectivity index (χ3n) is 4.30. The number of nitrogens with zero attached hydrogens (tertiary/aromatic N) is 1. The van der Waals surface area contributed by atoms with Crippen LogP contribution in [0.25, 0.3) is 0 Å². The third-order valence-corrected chi connectivity index (χ3v) is 4.30. The molecule has 0 saturated carbocycles. The van der Waals surface area contributed by atoms with Crippen LogP contribution in [-0.4, -0.2) is 29.1 Å². The van der Waals surface area contributed by atoms with Gasteiger partial charge >= 0.3 is 6.18 Å². The van der Waals surface area contributed by atoms with E-state index < -0.39 is 11.7 Å². The minimum atomic E-state index is -4.37. The average Bonchev–Trinajstić information content (AvgIpc) is 2.72. The molecule has 156 valence electrons. The topological polar surface area (TPSA) is 74.2 Å². The molecule has 2 aromatic carbocycles. The van der Waals surface area contributed by atoms with Crippen LogP contribution >= 0.6 is 0 Å². The molecule has 0 aliphatic rings. The van der Waals surface area contributed by atoms with Crippen LogP contribution in [-0.2, 0) is 12.6 Å². The van der Waals surface area contributed by atoms with Gasteiger partial charge in [-0.2, -0.15) is 13.2 Å². The van der Waals surface area contributed by atoms with Gasteiger partial charge in [0, 0.05) is 24.0 Å². The summed E-state index contributed by atoms with van der Waals surface area (Å²) in [4.78, 5) is 16.1. The number of anilines is 2. The first-order chi connectivity index (χ1) is 14.3. The summed E-state index contributed by atoms with van der Waals surface area (Å²) in [6.45, 7) is 0.0509. The summed E-state index contributed by atoms with van der Waals surface area (Å²) in [5.41, 5.74) is 1.86. The Morgan fingerprint density at radius 3 is 2.43 bits per heavy atom. The third kappa shape index (κ3) is 5.81. The Morgan fingerprint density at radius 2 is 1.73 bits per heavy atom. The average molecular weight is 415 g/mol. The number of amides is 1. The molecule has 1 aromatic heterocycles. The lowest BCUT2D eigenvalue weighted by Gasteiger charge is -2.10. The van der Waals surface area contributed by atoms with E-state index in [1.54, 1.807) is 48.7 Å². The Labute approximate surface area is 171 Å². The van der Waals surface area contributed by atoms with Gasteiger partial charge in [0.1, 0.15) is 5.82 Å². The monoisotopic (exact) mass is 415 g/mol. The van der Waals surface area contributed by atoms with Crippen molar-refractivity contribution < 1.29 is 23.1 Å². The zero-order chi connectivity index (χ0) is 21.6. The van der Waals surface area contributed by atoms with Gasteiger partial charge in [0.2, 0.25) is 0 Å². The molecule has 0 aliphatic heterocycles. The number of hydrogen-bond donors (Lipinski definition) is 3. The fourth-order valence-corrected chi connectivity index (χ4v) is 2.87. The summed E-state index contributed by atoms with van der Waals surface area (Å²) in [6, 6.07) is 15.5. The molecule has 0 unspecified atom stereocenters. The number of alkyl halides is 3. The molecule has 5 nitrogen and oxygen atoms in total. The molecule has 0 fully saturated rings. The molecule has 30 heavy (non-hydrogen) atoms. The molecule has 3 aromatic rings. The normalized spacial score (nSPS) is 11.2. The molecule has 0 saturated heterocycles. The second-order valence-corrected chi connectivity index (χ2v) is 6.61. The van der Waals surface area contributed by atoms with Gasteiger partial charge in [0.15, 0.2) is 0 Å². The maximum absolute atomic E-state index is 12.9. The number of benzene rings is 2. The highest BCUT2D eigenvalue weighted by atomic mass is 19.4. The van der Waals surface area contributed by atoms with E-state index in [1.165, 1.54) is 6.07 Å². The zero-order valence-corrected chi connectivity index (χ0v) is 15.9. The van der Waals surface area contributed by atoms with Crippen LogP contribution < -0.4 is 10.6 Å². The highest BCUT2D eigenvalue weighted by molar-refractivity contribution is 5.94. The Balaban J connectivity index is 1.68. The van der Waals surface area contributed by atoms with E-state index in [4.69, 9.17) is 5.11 Å². The van der Waals surface area contributed by atoms with Crippen LogP contribution in [0.4, 0.5) is 24.7 Å². The van der Waals surface area contributed by atoms with Crippen molar-refractivity contribution in [3.8, 4) is 0 Å². The number of hydrogen-bond acceptors (Lipinski definition) is 4. The molecule has 1 heterocycles. The van der Waals surface area contributed by atoms with Crippen molar-refractivity contribution in [3.63, 3.8) is 0 Å². The molecule has 1 amide bonds. The lowest BCUT2D eigenvalue weighted by molar-refractivity contribution is -0.137. The molecule has 8 heteroatoms. The summed E-state index contributed by atoms with van der Waals surface area (Å²) < 4.78 is 38.7. The number of carbonyl (C=O) groups is 1. The lowest BCUT2D eigenvalue weighted by atomic mass is 10.0. The predicted octanol–water partition coefficient (Wildman–Crippen LogP) is 4.16. The van der Waals surface area contributed by atoms with Crippen molar-refractivity contribution in [2.24, 2.45) is 0 Å². The van der Waals surface area contributed by atoms with Gasteiger partial charge in [-0.15, -0.1) is 0 Å². The molecule has 0 aliphatic carbocycles. The number of aliphatic hydroxyl groups is 1. The Hall–Kier alpha value is -3.39. The van der Waals surface area contributed by atoms with Crippen molar-refractivity contribution in [3.05, 3.63) is 89.1 Å². The molecule has 0 spiro atoms. The summed E-state index contributed by atoms with van der Waals surface area (Å²) in [5.74, 6) is 0.258. The number of rotatable bonds is 7. The van der Waals surface area contributed by atoms with Gasteiger partial charge < -0.3 is 15.7 Å². The van der Waals surface area contributed by atoms with Gasteiger partial charge in [-0.3, -0.25) is 4.79 Å². The first kappa shape index (κ1) is 21.3. The van der Waals surface area contributed by atoms with Crippen LogP contribution in [0.5, 0.6) is 0 Å². The maximum atomic E-state index is 12.9. The second kappa shape index (κ2) is 9.41. The molecular formula is C22H20F3N3O2. The highest BCUT2D eigenvalue weighted by Gasteiger charge is 2.30. The van der Waals surface area contributed by atoms with Crippen molar-refractivity contribution in [1.82, 2.24) is 10.3 Å². The lowest BCUT2D eigenvalue weighted by Crippen LogP contribution is -2.26. The van der Waals surface area contributed by atoms with E-state index in [0.29, 0.717) is 29.1 Å². The van der Waals surface area contributed by atoms with Crippen LogP contribution in [0, 0.1) is 0 Å². The van der Waals surface area contributed by atoms with Gasteiger partial charge in [-0.25, -0.2) is 4.98 Å². The summed E-state index contributed by atoms with van der Waals surface area (Å²) >= 11 is 0. The molecule has 0 bridgehead atoms. The number of aromatic nitrogens is 1. The van der Waals surface area contributed by atoms with Gasteiger partial charge in [0.05, 0.1) is 12.2 Å². The largest absolute Gasteiger partial charge is 0.416 e. The molecule has 0 radical (unpaired) electrons. The zero-order valence-electron chi connectivity index (χ0n) is 15.9. The Kier molecular flexibility index (Phi) is 6.68. The predicted molar refractivity (Wildman–Crippen MR) is 108 cm³/mol. The van der Waals surface area contributed by atoms with Crippen molar-refractivity contribution in [1.29, 1.82) is 0 Å². The van der Waals surface area contributed by atoms with E-state index in [0.717, 1.165) is 17.7 Å². The molecule has 0 atom stereocenters. The molecular weight excluding hydrogens is 395 g/mol. The van der Waals surface area contributed by atoms with Gasteiger partial charge in [0.25, 0.3) is 5.91 Å². The number of pyridine rings is 1. The number of halogens is 3. The fraction of sp³-hybridized carbons (Fsp3) is 0.182. The Morgan fingerprint density at radius 1 is 1.00 bits per heavy atom.